The lowest BCUT2D eigenvalue weighted by Gasteiger charge is -2.25. The molecule has 0 aliphatic carbocycles. The van der Waals surface area contributed by atoms with E-state index in [1.165, 1.54) is 32.1 Å². The minimum atomic E-state index is -0.00905. The topological polar surface area (TPSA) is 20.3 Å². The molecular weight excluding hydrogens is 278 g/mol. The maximum absolute atomic E-state index is 12.2. The summed E-state index contributed by atoms with van der Waals surface area (Å²) >= 11 is 3.52. The first-order valence-electron chi connectivity index (χ1n) is 6.99. The van der Waals surface area contributed by atoms with E-state index in [1.807, 2.05) is 0 Å². The smallest absolute Gasteiger partial charge is 0.236 e. The van der Waals surface area contributed by atoms with Gasteiger partial charge in [0, 0.05) is 13.1 Å². The van der Waals surface area contributed by atoms with Crippen LogP contribution < -0.4 is 0 Å². The first-order valence-corrected chi connectivity index (χ1v) is 7.90. The molecule has 1 amide bonds. The molecule has 2 unspecified atom stereocenters. The van der Waals surface area contributed by atoms with E-state index in [0.717, 1.165) is 19.0 Å². The molecule has 1 aliphatic heterocycles. The third kappa shape index (κ3) is 4.61. The highest BCUT2D eigenvalue weighted by atomic mass is 79.9. The van der Waals surface area contributed by atoms with Crippen LogP contribution in [0.2, 0.25) is 0 Å². The van der Waals surface area contributed by atoms with Gasteiger partial charge in [0.05, 0.1) is 4.83 Å². The van der Waals surface area contributed by atoms with Crippen molar-refractivity contribution in [2.45, 2.75) is 57.7 Å². The van der Waals surface area contributed by atoms with Gasteiger partial charge in [0.2, 0.25) is 5.91 Å². The van der Waals surface area contributed by atoms with Gasteiger partial charge in [-0.1, -0.05) is 49.5 Å². The molecule has 0 aromatic carbocycles. The van der Waals surface area contributed by atoms with Crippen molar-refractivity contribution in [3.05, 3.63) is 0 Å². The molecule has 1 aliphatic rings. The van der Waals surface area contributed by atoms with Crippen LogP contribution in [0, 0.1) is 11.8 Å². The highest BCUT2D eigenvalue weighted by molar-refractivity contribution is 9.10. The summed E-state index contributed by atoms with van der Waals surface area (Å²) in [5.74, 6) is 1.50. The number of carbonyl (C=O) groups excluding carboxylic acids is 1. The van der Waals surface area contributed by atoms with E-state index in [1.54, 1.807) is 0 Å². The van der Waals surface area contributed by atoms with Crippen LogP contribution in [0.25, 0.3) is 0 Å². The van der Waals surface area contributed by atoms with Crippen molar-refractivity contribution < 1.29 is 4.79 Å². The van der Waals surface area contributed by atoms with Crippen LogP contribution in [0.5, 0.6) is 0 Å². The molecule has 0 saturated carbocycles. The summed E-state index contributed by atoms with van der Waals surface area (Å²) in [5.41, 5.74) is 0. The molecular formula is C14H26BrNO. The number of halogens is 1. The normalized spacial score (nSPS) is 23.6. The molecule has 0 aromatic rings. The fraction of sp³-hybridized carbons (Fsp3) is 0.929. The van der Waals surface area contributed by atoms with Gasteiger partial charge in [0.15, 0.2) is 0 Å². The largest absolute Gasteiger partial charge is 0.342 e. The zero-order chi connectivity index (χ0) is 12.8. The Bertz CT molecular complexity index is 242. The van der Waals surface area contributed by atoms with Gasteiger partial charge in [-0.05, 0) is 31.1 Å². The van der Waals surface area contributed by atoms with E-state index in [0.29, 0.717) is 5.92 Å². The van der Waals surface area contributed by atoms with Crippen LogP contribution in [-0.4, -0.2) is 28.7 Å². The first-order chi connectivity index (χ1) is 8.06. The molecule has 1 rings (SSSR count). The van der Waals surface area contributed by atoms with Gasteiger partial charge in [-0.3, -0.25) is 4.79 Å². The predicted molar refractivity (Wildman–Crippen MR) is 76.4 cm³/mol. The average Bonchev–Trinajstić information content (AvgIpc) is 2.53. The molecule has 0 bridgehead atoms. The summed E-state index contributed by atoms with van der Waals surface area (Å²) in [4.78, 5) is 14.3. The van der Waals surface area contributed by atoms with Gasteiger partial charge in [0.1, 0.15) is 0 Å². The number of nitrogens with zero attached hydrogens (tertiary/aromatic N) is 1. The summed E-state index contributed by atoms with van der Waals surface area (Å²) in [7, 11) is 0. The van der Waals surface area contributed by atoms with E-state index in [-0.39, 0.29) is 10.7 Å². The number of hydrogen-bond acceptors (Lipinski definition) is 1. The summed E-state index contributed by atoms with van der Waals surface area (Å²) in [6.07, 6.45) is 6.26. The van der Waals surface area contributed by atoms with Crippen molar-refractivity contribution in [3.63, 3.8) is 0 Å². The molecule has 2 atom stereocenters. The maximum atomic E-state index is 12.2. The quantitative estimate of drug-likeness (QED) is 0.723. The van der Waals surface area contributed by atoms with Crippen LogP contribution in [0.4, 0.5) is 0 Å². The van der Waals surface area contributed by atoms with Gasteiger partial charge in [-0.15, -0.1) is 0 Å². The summed E-state index contributed by atoms with van der Waals surface area (Å²) in [5, 5.41) is 0. The third-order valence-corrected chi connectivity index (χ3v) is 5.13. The van der Waals surface area contributed by atoms with Crippen molar-refractivity contribution in [1.29, 1.82) is 0 Å². The Hall–Kier alpha value is -0.0500. The van der Waals surface area contributed by atoms with Crippen molar-refractivity contribution in [2.24, 2.45) is 11.8 Å². The van der Waals surface area contributed by atoms with Crippen molar-refractivity contribution in [2.75, 3.05) is 13.1 Å². The molecule has 2 nitrogen and oxygen atoms in total. The zero-order valence-corrected chi connectivity index (χ0v) is 13.0. The van der Waals surface area contributed by atoms with Crippen LogP contribution in [0.15, 0.2) is 0 Å². The van der Waals surface area contributed by atoms with E-state index < -0.39 is 0 Å². The van der Waals surface area contributed by atoms with Crippen LogP contribution >= 0.6 is 15.9 Å². The molecule has 0 radical (unpaired) electrons. The standard InChI is InChI=1S/C14H26BrNO/c1-4-6-12-7-5-9-16(10-8-12)14(17)13(15)11(2)3/h11-13H,4-10H2,1-3H3. The fourth-order valence-corrected chi connectivity index (χ4v) is 2.83. The van der Waals surface area contributed by atoms with Gasteiger partial charge in [-0.2, -0.15) is 0 Å². The molecule has 3 heteroatoms. The summed E-state index contributed by atoms with van der Waals surface area (Å²) < 4.78 is 0. The predicted octanol–water partition coefficient (Wildman–Crippen LogP) is 3.83. The molecule has 1 fully saturated rings. The van der Waals surface area contributed by atoms with Gasteiger partial charge >= 0.3 is 0 Å². The van der Waals surface area contributed by atoms with E-state index in [9.17, 15) is 4.79 Å². The minimum Gasteiger partial charge on any atom is -0.342 e. The van der Waals surface area contributed by atoms with E-state index in [2.05, 4.69) is 41.6 Å². The SMILES string of the molecule is CCCC1CCCN(C(=O)C(Br)C(C)C)CC1. The van der Waals surface area contributed by atoms with Gasteiger partial charge in [-0.25, -0.2) is 0 Å². The van der Waals surface area contributed by atoms with Gasteiger partial charge < -0.3 is 4.90 Å². The lowest BCUT2D eigenvalue weighted by Crippen LogP contribution is -2.39. The number of alkyl halides is 1. The van der Waals surface area contributed by atoms with Gasteiger partial charge in [0.25, 0.3) is 0 Å². The monoisotopic (exact) mass is 303 g/mol. The van der Waals surface area contributed by atoms with Crippen LogP contribution in [0.1, 0.15) is 52.9 Å². The molecule has 0 spiro atoms. The molecule has 1 saturated heterocycles. The molecule has 17 heavy (non-hydrogen) atoms. The van der Waals surface area contributed by atoms with Crippen LogP contribution in [-0.2, 0) is 4.79 Å². The molecule has 0 aromatic heterocycles. The second-order valence-electron chi connectivity index (χ2n) is 5.56. The number of amides is 1. The highest BCUT2D eigenvalue weighted by Gasteiger charge is 2.26. The first kappa shape index (κ1) is 15.0. The number of hydrogen-bond donors (Lipinski definition) is 0. The Morgan fingerprint density at radius 3 is 2.65 bits per heavy atom. The lowest BCUT2D eigenvalue weighted by molar-refractivity contribution is -0.131. The second kappa shape index (κ2) is 7.40. The Morgan fingerprint density at radius 2 is 2.06 bits per heavy atom. The zero-order valence-electron chi connectivity index (χ0n) is 11.4. The van der Waals surface area contributed by atoms with Crippen molar-refractivity contribution in [1.82, 2.24) is 4.90 Å². The average molecular weight is 304 g/mol. The molecule has 1 heterocycles. The van der Waals surface area contributed by atoms with Crippen LogP contribution in [0.3, 0.4) is 0 Å². The Morgan fingerprint density at radius 1 is 1.35 bits per heavy atom. The number of rotatable bonds is 4. The molecule has 0 N–H and O–H groups in total. The maximum Gasteiger partial charge on any atom is 0.236 e. The fourth-order valence-electron chi connectivity index (χ4n) is 2.54. The summed E-state index contributed by atoms with van der Waals surface area (Å²) in [6.45, 7) is 8.34. The van der Waals surface area contributed by atoms with E-state index in [4.69, 9.17) is 0 Å². The van der Waals surface area contributed by atoms with Crippen molar-refractivity contribution in [3.8, 4) is 0 Å². The number of likely N-dealkylation sites (tertiary alicyclic amines) is 1. The molecule has 100 valence electrons. The highest BCUT2D eigenvalue weighted by Crippen LogP contribution is 2.24. The lowest BCUT2D eigenvalue weighted by atomic mass is 9.96. The Labute approximate surface area is 114 Å². The second-order valence-corrected chi connectivity index (χ2v) is 6.54. The van der Waals surface area contributed by atoms with E-state index >= 15 is 0 Å². The third-order valence-electron chi connectivity index (χ3n) is 3.68. The van der Waals surface area contributed by atoms with Crippen molar-refractivity contribution >= 4 is 21.8 Å². The Balaban J connectivity index is 2.48. The Kier molecular flexibility index (Phi) is 6.53. The summed E-state index contributed by atoms with van der Waals surface area (Å²) in [6, 6.07) is 0. The number of carbonyl (C=O) groups is 1. The minimum absolute atomic E-state index is 0.00905.